The summed E-state index contributed by atoms with van der Waals surface area (Å²) < 4.78 is 16.9. The second kappa shape index (κ2) is 11.1. The minimum Gasteiger partial charge on any atom is -0.351 e. The van der Waals surface area contributed by atoms with Gasteiger partial charge in [-0.1, -0.05) is 17.7 Å². The number of amides is 3. The van der Waals surface area contributed by atoms with E-state index in [9.17, 15) is 14.0 Å². The molecule has 2 saturated heterocycles. The molecule has 6 rings (SSSR count). The lowest BCUT2D eigenvalue weighted by Gasteiger charge is -2.32. The van der Waals surface area contributed by atoms with Crippen LogP contribution in [0.15, 0.2) is 30.6 Å². The number of likely N-dealkylation sites (tertiary alicyclic amines) is 1. The number of anilines is 2. The van der Waals surface area contributed by atoms with Crippen molar-refractivity contribution in [1.82, 2.24) is 30.0 Å². The first-order valence-corrected chi connectivity index (χ1v) is 14.1. The molecular formula is C28H32ClFN8O2. The van der Waals surface area contributed by atoms with Crippen molar-refractivity contribution >= 4 is 35.2 Å². The summed E-state index contributed by atoms with van der Waals surface area (Å²) in [6.45, 7) is 2.32. The maximum atomic E-state index is 14.9. The van der Waals surface area contributed by atoms with Crippen LogP contribution in [0.2, 0.25) is 5.02 Å². The molecule has 3 amide bonds. The highest BCUT2D eigenvalue weighted by Gasteiger charge is 2.28. The molecule has 0 bridgehead atoms. The second-order valence-corrected chi connectivity index (χ2v) is 11.3. The molecule has 1 aromatic carbocycles. The number of piperidine rings is 1. The number of aryl methyl sites for hydroxylation is 1. The van der Waals surface area contributed by atoms with Crippen LogP contribution in [0.4, 0.5) is 20.8 Å². The van der Waals surface area contributed by atoms with Crippen LogP contribution in [0.1, 0.15) is 43.4 Å². The molecule has 3 fully saturated rings. The van der Waals surface area contributed by atoms with Crippen molar-refractivity contribution in [2.24, 2.45) is 13.0 Å². The Balaban J connectivity index is 1.05. The quantitative estimate of drug-likeness (QED) is 0.422. The van der Waals surface area contributed by atoms with Gasteiger partial charge in [-0.25, -0.2) is 19.2 Å². The van der Waals surface area contributed by atoms with Crippen molar-refractivity contribution in [1.29, 1.82) is 0 Å². The van der Waals surface area contributed by atoms with Gasteiger partial charge in [-0.2, -0.15) is 5.10 Å². The van der Waals surface area contributed by atoms with Crippen molar-refractivity contribution in [2.75, 3.05) is 29.9 Å². The minimum absolute atomic E-state index is 0.192. The number of hydrogen-bond donors (Lipinski definition) is 2. The molecule has 0 atom stereocenters. The first-order valence-electron chi connectivity index (χ1n) is 13.8. The van der Waals surface area contributed by atoms with Crippen molar-refractivity contribution in [3.8, 4) is 11.3 Å². The lowest BCUT2D eigenvalue weighted by molar-refractivity contribution is -0.120. The molecule has 0 unspecified atom stereocenters. The Bertz CT molecular complexity index is 1430. The number of urea groups is 1. The summed E-state index contributed by atoms with van der Waals surface area (Å²) in [7, 11) is 1.96. The van der Waals surface area contributed by atoms with Gasteiger partial charge < -0.3 is 5.32 Å². The summed E-state index contributed by atoms with van der Waals surface area (Å²) in [6.07, 6.45) is 8.90. The Labute approximate surface area is 236 Å². The number of hydrogen-bond acceptors (Lipinski definition) is 7. The van der Waals surface area contributed by atoms with Crippen LogP contribution in [0.25, 0.3) is 11.3 Å². The lowest BCUT2D eigenvalue weighted by atomic mass is 10.0. The number of nitrogens with one attached hydrogen (secondary N) is 2. The topological polar surface area (TPSA) is 108 Å². The van der Waals surface area contributed by atoms with Gasteiger partial charge in [-0.05, 0) is 50.2 Å². The number of carbonyl (C=O) groups excluding carboxylic acids is 2. The van der Waals surface area contributed by atoms with E-state index < -0.39 is 6.03 Å². The second-order valence-electron chi connectivity index (χ2n) is 10.9. The van der Waals surface area contributed by atoms with Gasteiger partial charge in [-0.3, -0.25) is 24.6 Å². The number of carbonyl (C=O) groups is 2. The predicted molar refractivity (Wildman–Crippen MR) is 149 cm³/mol. The van der Waals surface area contributed by atoms with Gasteiger partial charge in [0, 0.05) is 68.2 Å². The van der Waals surface area contributed by atoms with Crippen LogP contribution < -0.4 is 15.5 Å². The van der Waals surface area contributed by atoms with Crippen molar-refractivity contribution in [3.63, 3.8) is 0 Å². The van der Waals surface area contributed by atoms with E-state index in [1.807, 2.05) is 17.9 Å². The first-order chi connectivity index (χ1) is 19.3. The summed E-state index contributed by atoms with van der Waals surface area (Å²) in [5, 5.41) is 10.7. The smallest absolute Gasteiger partial charge is 0.328 e. The van der Waals surface area contributed by atoms with Gasteiger partial charge in [0.25, 0.3) is 0 Å². The summed E-state index contributed by atoms with van der Waals surface area (Å²) in [5.74, 6) is 0.586. The van der Waals surface area contributed by atoms with E-state index >= 15 is 0 Å². The van der Waals surface area contributed by atoms with Gasteiger partial charge >= 0.3 is 6.03 Å². The normalized spacial score (nSPS) is 18.7. The molecule has 3 aromatic rings. The van der Waals surface area contributed by atoms with E-state index in [0.717, 1.165) is 43.6 Å². The molecule has 1 aliphatic carbocycles. The maximum absolute atomic E-state index is 14.9. The average molecular weight is 567 g/mol. The standard InChI is InChI=1S/C28H32ClFN8O2/c1-36-24(12-17-2-3-17)21(14-32-36)26-22(29)15-31-27(35-26)33-19-6-9-37(10-7-19)16-18-4-5-20(13-23(18)30)38-11-8-25(39)34-28(38)40/h4-5,13-15,17,19H,2-3,6-12,16H2,1H3,(H,31,33,35)(H,34,39,40). The van der Waals surface area contributed by atoms with E-state index in [4.69, 9.17) is 16.6 Å². The summed E-state index contributed by atoms with van der Waals surface area (Å²) >= 11 is 6.52. The van der Waals surface area contributed by atoms with Gasteiger partial charge in [0.1, 0.15) is 5.82 Å². The fourth-order valence-corrected chi connectivity index (χ4v) is 5.62. The summed E-state index contributed by atoms with van der Waals surface area (Å²) in [6, 6.07) is 4.49. The lowest BCUT2D eigenvalue weighted by Crippen LogP contribution is -2.49. The van der Waals surface area contributed by atoms with E-state index in [0.29, 0.717) is 40.4 Å². The third-order valence-electron chi connectivity index (χ3n) is 7.96. The number of imide groups is 1. The molecular weight excluding hydrogens is 535 g/mol. The highest BCUT2D eigenvalue weighted by atomic mass is 35.5. The van der Waals surface area contributed by atoms with Crippen LogP contribution in [0, 0.1) is 11.7 Å². The predicted octanol–water partition coefficient (Wildman–Crippen LogP) is 4.14. The Morgan fingerprint density at radius 2 is 1.93 bits per heavy atom. The molecule has 210 valence electrons. The Morgan fingerprint density at radius 1 is 1.12 bits per heavy atom. The Kier molecular flexibility index (Phi) is 7.41. The molecule has 40 heavy (non-hydrogen) atoms. The van der Waals surface area contributed by atoms with Crippen molar-refractivity contribution in [2.45, 2.75) is 51.1 Å². The summed E-state index contributed by atoms with van der Waals surface area (Å²) in [4.78, 5) is 36.3. The van der Waals surface area contributed by atoms with Crippen LogP contribution in [0.3, 0.4) is 0 Å². The van der Waals surface area contributed by atoms with E-state index in [2.05, 4.69) is 25.6 Å². The molecule has 2 aromatic heterocycles. The summed E-state index contributed by atoms with van der Waals surface area (Å²) in [5.41, 5.74) is 3.84. The largest absolute Gasteiger partial charge is 0.351 e. The van der Waals surface area contributed by atoms with Crippen LogP contribution in [-0.4, -0.2) is 62.3 Å². The maximum Gasteiger partial charge on any atom is 0.328 e. The molecule has 0 radical (unpaired) electrons. The highest BCUT2D eigenvalue weighted by molar-refractivity contribution is 6.33. The minimum atomic E-state index is -0.520. The number of nitrogens with zero attached hydrogens (tertiary/aromatic N) is 6. The Morgan fingerprint density at radius 3 is 2.65 bits per heavy atom. The number of halogens is 2. The number of aromatic nitrogens is 4. The van der Waals surface area contributed by atoms with E-state index in [-0.39, 0.29) is 30.7 Å². The first kappa shape index (κ1) is 26.6. The molecule has 2 N–H and O–H groups in total. The Hall–Kier alpha value is -3.57. The van der Waals surface area contributed by atoms with E-state index in [1.54, 1.807) is 18.3 Å². The number of rotatable bonds is 8. The third-order valence-corrected chi connectivity index (χ3v) is 8.23. The fraction of sp³-hybridized carbons (Fsp3) is 0.464. The van der Waals surface area contributed by atoms with Gasteiger partial charge in [0.15, 0.2) is 0 Å². The van der Waals surface area contributed by atoms with Crippen LogP contribution in [0.5, 0.6) is 0 Å². The van der Waals surface area contributed by atoms with Crippen molar-refractivity contribution < 1.29 is 14.0 Å². The van der Waals surface area contributed by atoms with Gasteiger partial charge in [0.2, 0.25) is 11.9 Å². The molecule has 0 spiro atoms. The molecule has 2 aliphatic heterocycles. The average Bonchev–Trinajstić information content (AvgIpc) is 3.69. The zero-order valence-electron chi connectivity index (χ0n) is 22.4. The van der Waals surface area contributed by atoms with E-state index in [1.165, 1.54) is 23.8 Å². The molecule has 10 nitrogen and oxygen atoms in total. The number of benzene rings is 1. The van der Waals surface area contributed by atoms with Crippen molar-refractivity contribution in [3.05, 3.63) is 52.7 Å². The van der Waals surface area contributed by atoms with Gasteiger partial charge in [0.05, 0.1) is 23.1 Å². The monoisotopic (exact) mass is 566 g/mol. The molecule has 4 heterocycles. The third kappa shape index (κ3) is 5.80. The highest BCUT2D eigenvalue weighted by Crippen LogP contribution is 2.37. The fourth-order valence-electron chi connectivity index (χ4n) is 5.43. The molecule has 3 aliphatic rings. The zero-order valence-corrected chi connectivity index (χ0v) is 23.1. The molecule has 1 saturated carbocycles. The SMILES string of the molecule is Cn1ncc(-c2nc(NC3CCN(Cc4ccc(N5CCC(=O)NC5=O)cc4F)CC3)ncc2Cl)c1CC1CC1. The van der Waals surface area contributed by atoms with Crippen LogP contribution >= 0.6 is 11.6 Å². The zero-order chi connectivity index (χ0) is 27.8. The van der Waals surface area contributed by atoms with Crippen LogP contribution in [-0.2, 0) is 24.8 Å². The van der Waals surface area contributed by atoms with Gasteiger partial charge in [-0.15, -0.1) is 0 Å². The molecule has 12 heteroatoms.